The van der Waals surface area contributed by atoms with Crippen molar-refractivity contribution in [3.05, 3.63) is 149 Å². The normalized spacial score (nSPS) is 28.2. The first kappa shape index (κ1) is 20.2. The zero-order valence-corrected chi connectivity index (χ0v) is 19.2. The van der Waals surface area contributed by atoms with E-state index in [1.54, 1.807) is 0 Å². The molecule has 3 aliphatic carbocycles. The van der Waals surface area contributed by atoms with Gasteiger partial charge in [-0.2, -0.15) is 0 Å². The number of rotatable bonds is 3. The molecule has 0 aromatic heterocycles. The monoisotopic (exact) mass is 426 g/mol. The van der Waals surface area contributed by atoms with Crippen molar-refractivity contribution >= 4 is 5.57 Å². The molecule has 1 saturated carbocycles. The number of benzene rings is 3. The van der Waals surface area contributed by atoms with E-state index in [4.69, 9.17) is 6.58 Å². The maximum atomic E-state index is 4.79. The lowest BCUT2D eigenvalue weighted by molar-refractivity contribution is 0.553. The molecular formula is C33H30. The first-order chi connectivity index (χ1) is 16.1. The van der Waals surface area contributed by atoms with Crippen molar-refractivity contribution in [1.29, 1.82) is 0 Å². The van der Waals surface area contributed by atoms with E-state index in [2.05, 4.69) is 111 Å². The Morgan fingerprint density at radius 1 is 0.636 bits per heavy atom. The molecule has 3 aliphatic rings. The van der Waals surface area contributed by atoms with Gasteiger partial charge < -0.3 is 0 Å². The summed E-state index contributed by atoms with van der Waals surface area (Å²) < 4.78 is 0. The van der Waals surface area contributed by atoms with Gasteiger partial charge in [0.15, 0.2) is 0 Å². The first-order valence-electron chi connectivity index (χ1n) is 12.1. The highest BCUT2D eigenvalue weighted by Crippen LogP contribution is 2.60. The minimum atomic E-state index is 0.299. The van der Waals surface area contributed by atoms with E-state index in [-0.39, 0.29) is 0 Å². The maximum absolute atomic E-state index is 4.79. The van der Waals surface area contributed by atoms with Gasteiger partial charge >= 0.3 is 0 Å². The molecule has 5 unspecified atom stereocenters. The van der Waals surface area contributed by atoms with Crippen LogP contribution < -0.4 is 0 Å². The maximum Gasteiger partial charge on any atom is 0.0198 e. The smallest absolute Gasteiger partial charge is 0.0198 e. The van der Waals surface area contributed by atoms with Crippen molar-refractivity contribution in [2.45, 2.75) is 31.1 Å². The van der Waals surface area contributed by atoms with Gasteiger partial charge in [0.05, 0.1) is 0 Å². The van der Waals surface area contributed by atoms with Crippen LogP contribution in [0.5, 0.6) is 0 Å². The molecule has 3 aromatic rings. The highest BCUT2D eigenvalue weighted by Gasteiger charge is 2.47. The predicted molar refractivity (Wildman–Crippen MR) is 139 cm³/mol. The van der Waals surface area contributed by atoms with Gasteiger partial charge in [0.1, 0.15) is 0 Å². The number of fused-ring (bicyclic) bond motifs is 2. The number of allylic oxidation sites excluding steroid dienone is 6. The summed E-state index contributed by atoms with van der Waals surface area (Å²) in [6.07, 6.45) is 5.84. The molecule has 1 fully saturated rings. The quantitative estimate of drug-likeness (QED) is 0.369. The van der Waals surface area contributed by atoms with Gasteiger partial charge in [0.2, 0.25) is 0 Å². The summed E-state index contributed by atoms with van der Waals surface area (Å²) in [4.78, 5) is 0. The lowest BCUT2D eigenvalue weighted by Gasteiger charge is -2.33. The van der Waals surface area contributed by atoms with E-state index < -0.39 is 0 Å². The van der Waals surface area contributed by atoms with Crippen LogP contribution in [-0.2, 0) is 0 Å². The van der Waals surface area contributed by atoms with E-state index in [0.29, 0.717) is 29.6 Å². The van der Waals surface area contributed by atoms with E-state index in [1.807, 2.05) is 0 Å². The third-order valence-electron chi connectivity index (χ3n) is 8.30. The highest BCUT2D eigenvalue weighted by molar-refractivity contribution is 5.77. The van der Waals surface area contributed by atoms with Crippen molar-refractivity contribution < 1.29 is 0 Å². The lowest BCUT2D eigenvalue weighted by Crippen LogP contribution is -2.19. The zero-order valence-electron chi connectivity index (χ0n) is 19.2. The third-order valence-corrected chi connectivity index (χ3v) is 8.30. The first-order valence-corrected chi connectivity index (χ1v) is 12.1. The average molecular weight is 427 g/mol. The van der Waals surface area contributed by atoms with E-state index in [1.165, 1.54) is 44.5 Å². The Bertz CT molecular complexity index is 1290. The summed E-state index contributed by atoms with van der Waals surface area (Å²) in [5.41, 5.74) is 11.3. The minimum absolute atomic E-state index is 0.299. The Balaban J connectivity index is 1.43. The molecule has 0 spiro atoms. The third kappa shape index (κ3) is 3.12. The molecule has 0 radical (unpaired) electrons. The second kappa shape index (κ2) is 7.89. The second-order valence-corrected chi connectivity index (χ2v) is 9.88. The second-order valence-electron chi connectivity index (χ2n) is 9.88. The Hall–Kier alpha value is -3.38. The van der Waals surface area contributed by atoms with Gasteiger partial charge in [-0.3, -0.25) is 0 Å². The molecule has 0 aliphatic heterocycles. The molecular weight excluding hydrogens is 396 g/mol. The van der Waals surface area contributed by atoms with E-state index in [9.17, 15) is 0 Å². The van der Waals surface area contributed by atoms with Crippen LogP contribution in [0.3, 0.4) is 0 Å². The summed E-state index contributed by atoms with van der Waals surface area (Å²) in [5.74, 6) is 1.84. The van der Waals surface area contributed by atoms with Crippen LogP contribution in [0.15, 0.2) is 127 Å². The molecule has 33 heavy (non-hydrogen) atoms. The van der Waals surface area contributed by atoms with Crippen molar-refractivity contribution in [3.63, 3.8) is 0 Å². The van der Waals surface area contributed by atoms with Crippen LogP contribution >= 0.6 is 0 Å². The molecule has 0 heteroatoms. The highest BCUT2D eigenvalue weighted by atomic mass is 14.5. The number of hydrogen-bond acceptors (Lipinski definition) is 0. The average Bonchev–Trinajstić information content (AvgIpc) is 3.33. The molecule has 0 amide bonds. The van der Waals surface area contributed by atoms with Gasteiger partial charge in [0.25, 0.3) is 0 Å². The molecule has 0 N–H and O–H groups in total. The van der Waals surface area contributed by atoms with Gasteiger partial charge in [-0.25, -0.2) is 0 Å². The van der Waals surface area contributed by atoms with Crippen molar-refractivity contribution in [2.24, 2.45) is 11.8 Å². The summed E-state index contributed by atoms with van der Waals surface area (Å²) in [6.45, 7) is 11.7. The van der Waals surface area contributed by atoms with Crippen LogP contribution in [0.2, 0.25) is 0 Å². The Morgan fingerprint density at radius 2 is 1.27 bits per heavy atom. The fourth-order valence-electron chi connectivity index (χ4n) is 6.66. The standard InChI is InChI=1S/C33H30/c1-21-22(2)32(29-17-11-10-16-27(21)29)30-20-26-18-19-28(24-12-6-4-7-13-24)33(31(26)23(30)3)25-14-8-5-9-15-25/h4-19,21,30-33H,2-3,20H2,1H3. The summed E-state index contributed by atoms with van der Waals surface area (Å²) in [6, 6.07) is 30.9. The largest absolute Gasteiger partial charge is 0.0989 e. The Kier molecular flexibility index (Phi) is 4.84. The van der Waals surface area contributed by atoms with E-state index >= 15 is 0 Å². The van der Waals surface area contributed by atoms with Crippen molar-refractivity contribution in [1.82, 2.24) is 0 Å². The lowest BCUT2D eigenvalue weighted by atomic mass is 9.70. The van der Waals surface area contributed by atoms with Crippen LogP contribution in [0.25, 0.3) is 5.57 Å². The fourth-order valence-corrected chi connectivity index (χ4v) is 6.66. The van der Waals surface area contributed by atoms with Crippen LogP contribution in [0, 0.1) is 11.8 Å². The van der Waals surface area contributed by atoms with Crippen LogP contribution in [0.1, 0.15) is 53.4 Å². The molecule has 0 saturated heterocycles. The van der Waals surface area contributed by atoms with Gasteiger partial charge in [-0.15, -0.1) is 0 Å². The van der Waals surface area contributed by atoms with Gasteiger partial charge in [0, 0.05) is 23.7 Å². The Labute approximate surface area is 197 Å². The molecule has 162 valence electrons. The fraction of sp³-hybridized carbons (Fsp3) is 0.212. The summed E-state index contributed by atoms with van der Waals surface area (Å²) in [5, 5.41) is 0. The van der Waals surface area contributed by atoms with Crippen LogP contribution in [0.4, 0.5) is 0 Å². The zero-order chi connectivity index (χ0) is 22.5. The van der Waals surface area contributed by atoms with E-state index in [0.717, 1.165) is 6.42 Å². The minimum Gasteiger partial charge on any atom is -0.0989 e. The molecule has 0 heterocycles. The molecule has 5 atom stereocenters. The predicted octanol–water partition coefficient (Wildman–Crippen LogP) is 8.44. The summed E-state index contributed by atoms with van der Waals surface area (Å²) in [7, 11) is 0. The van der Waals surface area contributed by atoms with Gasteiger partial charge in [-0.1, -0.05) is 134 Å². The number of hydrogen-bond donors (Lipinski definition) is 0. The van der Waals surface area contributed by atoms with Crippen molar-refractivity contribution in [2.75, 3.05) is 0 Å². The summed E-state index contributed by atoms with van der Waals surface area (Å²) >= 11 is 0. The topological polar surface area (TPSA) is 0 Å². The molecule has 0 bridgehead atoms. The van der Waals surface area contributed by atoms with Crippen molar-refractivity contribution in [3.8, 4) is 0 Å². The molecule has 6 rings (SSSR count). The molecule has 0 nitrogen and oxygen atoms in total. The molecule has 3 aromatic carbocycles. The Morgan fingerprint density at radius 3 is 2.00 bits per heavy atom. The van der Waals surface area contributed by atoms with Crippen LogP contribution in [-0.4, -0.2) is 0 Å². The van der Waals surface area contributed by atoms with Gasteiger partial charge in [-0.05, 0) is 40.2 Å². The SMILES string of the molecule is C=C1C(C2C(=C)C(C)c3ccccc32)CC2=CC=C(c3ccccc3)C(c3ccccc3)C12.